The summed E-state index contributed by atoms with van der Waals surface area (Å²) in [6.45, 7) is 0. The summed E-state index contributed by atoms with van der Waals surface area (Å²) in [5.41, 5.74) is 1.49. The summed E-state index contributed by atoms with van der Waals surface area (Å²) < 4.78 is 13.3. The van der Waals surface area contributed by atoms with E-state index < -0.39 is 11.7 Å². The molecule has 0 unspecified atom stereocenters. The number of hydrogen-bond donors (Lipinski definition) is 2. The summed E-state index contributed by atoms with van der Waals surface area (Å²) in [5.74, 6) is -0.987. The molecule has 0 saturated carbocycles. The Balaban J connectivity index is 1.81. The fourth-order valence-electron chi connectivity index (χ4n) is 2.63. The number of amides is 2. The summed E-state index contributed by atoms with van der Waals surface area (Å²) in [4.78, 5) is 30.4. The number of benzene rings is 1. The minimum Gasteiger partial charge on any atom is -0.363 e. The Kier molecular flexibility index (Phi) is 4.16. The van der Waals surface area contributed by atoms with Crippen molar-refractivity contribution in [2.24, 2.45) is 0 Å². The molecule has 0 bridgehead atoms. The molecule has 6 nitrogen and oxygen atoms in total. The van der Waals surface area contributed by atoms with Crippen LogP contribution in [0.3, 0.4) is 0 Å². The molecule has 1 aliphatic heterocycles. The molecule has 7 heteroatoms. The molecule has 3 rings (SSSR count). The normalized spacial score (nSPS) is 16.1. The first kappa shape index (κ1) is 15.9. The quantitative estimate of drug-likeness (QED) is 0.907. The Hall–Kier alpha value is -2.96. The lowest BCUT2D eigenvalue weighted by Gasteiger charge is -2.25. The van der Waals surface area contributed by atoms with Crippen LogP contribution in [0.15, 0.2) is 36.5 Å². The van der Waals surface area contributed by atoms with Gasteiger partial charge in [0.15, 0.2) is 0 Å². The highest BCUT2D eigenvalue weighted by Gasteiger charge is 2.31. The van der Waals surface area contributed by atoms with Crippen molar-refractivity contribution in [2.75, 3.05) is 29.6 Å². The van der Waals surface area contributed by atoms with Crippen LogP contribution in [0.25, 0.3) is 0 Å². The molecule has 2 heterocycles. The smallest absolute Gasteiger partial charge is 0.232 e. The van der Waals surface area contributed by atoms with Crippen LogP contribution in [0.2, 0.25) is 0 Å². The van der Waals surface area contributed by atoms with Crippen molar-refractivity contribution in [2.45, 2.75) is 12.3 Å². The number of anilines is 3. The van der Waals surface area contributed by atoms with Gasteiger partial charge >= 0.3 is 0 Å². The first-order valence-electron chi connectivity index (χ1n) is 7.47. The van der Waals surface area contributed by atoms with E-state index in [4.69, 9.17) is 0 Å². The van der Waals surface area contributed by atoms with Gasteiger partial charge in [-0.2, -0.15) is 0 Å². The van der Waals surface area contributed by atoms with Crippen LogP contribution >= 0.6 is 0 Å². The number of carbonyl (C=O) groups excluding carboxylic acids is 2. The second-order valence-electron chi connectivity index (χ2n) is 5.83. The first-order chi connectivity index (χ1) is 11.4. The third kappa shape index (κ3) is 3.19. The Morgan fingerprint density at radius 2 is 2.12 bits per heavy atom. The highest BCUT2D eigenvalue weighted by molar-refractivity contribution is 6.05. The molecule has 0 spiro atoms. The highest BCUT2D eigenvalue weighted by Crippen LogP contribution is 2.33. The topological polar surface area (TPSA) is 74.3 Å². The van der Waals surface area contributed by atoms with E-state index in [0.29, 0.717) is 16.9 Å². The lowest BCUT2D eigenvalue weighted by molar-refractivity contribution is -0.123. The van der Waals surface area contributed by atoms with Crippen LogP contribution in [0, 0.1) is 5.82 Å². The van der Waals surface area contributed by atoms with Gasteiger partial charge in [0.2, 0.25) is 11.8 Å². The number of nitrogens with zero attached hydrogens (tertiary/aromatic N) is 2. The van der Waals surface area contributed by atoms with Crippen molar-refractivity contribution >= 4 is 29.0 Å². The third-order valence-corrected chi connectivity index (χ3v) is 3.84. The van der Waals surface area contributed by atoms with E-state index in [1.54, 1.807) is 18.3 Å². The molecule has 2 aromatic rings. The molecule has 1 atom stereocenters. The number of aromatic nitrogens is 1. The number of rotatable bonds is 3. The molecule has 24 heavy (non-hydrogen) atoms. The zero-order chi connectivity index (χ0) is 17.3. The molecule has 0 radical (unpaired) electrons. The summed E-state index contributed by atoms with van der Waals surface area (Å²) in [7, 11) is 3.74. The molecule has 1 aliphatic rings. The lowest BCUT2D eigenvalue weighted by Crippen LogP contribution is -2.30. The predicted molar refractivity (Wildman–Crippen MR) is 89.6 cm³/mol. The molecule has 2 N–H and O–H groups in total. The van der Waals surface area contributed by atoms with Gasteiger partial charge in [-0.25, -0.2) is 9.37 Å². The van der Waals surface area contributed by atoms with Crippen molar-refractivity contribution in [1.29, 1.82) is 0 Å². The Bertz CT molecular complexity index is 790. The standard InChI is InChI=1S/C17H17FN4O2/c1-22(2)15-6-4-11(9-19-15)20-17(24)13-8-16(23)21-14-7-10(18)3-5-12(13)14/h3-7,9,13H,8H2,1-2H3,(H,20,24)(H,21,23)/t13-/m0/s1. The van der Waals surface area contributed by atoms with Crippen LogP contribution in [-0.2, 0) is 9.59 Å². The second kappa shape index (κ2) is 6.27. The average molecular weight is 328 g/mol. The molecule has 1 aromatic heterocycles. The maximum atomic E-state index is 13.3. The fraction of sp³-hybridized carbons (Fsp3) is 0.235. The summed E-state index contributed by atoms with van der Waals surface area (Å²) >= 11 is 0. The zero-order valence-corrected chi connectivity index (χ0v) is 13.3. The van der Waals surface area contributed by atoms with E-state index in [2.05, 4.69) is 15.6 Å². The molecule has 0 fully saturated rings. The average Bonchev–Trinajstić information content (AvgIpc) is 2.54. The van der Waals surface area contributed by atoms with Gasteiger partial charge in [0.25, 0.3) is 0 Å². The van der Waals surface area contributed by atoms with Gasteiger partial charge < -0.3 is 15.5 Å². The Morgan fingerprint density at radius 3 is 2.79 bits per heavy atom. The summed E-state index contributed by atoms with van der Waals surface area (Å²) in [6, 6.07) is 7.56. The first-order valence-corrected chi connectivity index (χ1v) is 7.47. The highest BCUT2D eigenvalue weighted by atomic mass is 19.1. The van der Waals surface area contributed by atoms with Gasteiger partial charge in [0.1, 0.15) is 11.6 Å². The van der Waals surface area contributed by atoms with Crippen molar-refractivity contribution in [3.8, 4) is 0 Å². The lowest BCUT2D eigenvalue weighted by atomic mass is 9.89. The van der Waals surface area contributed by atoms with Crippen LogP contribution < -0.4 is 15.5 Å². The molecule has 2 amide bonds. The third-order valence-electron chi connectivity index (χ3n) is 3.84. The van der Waals surface area contributed by atoms with Crippen molar-refractivity contribution in [1.82, 2.24) is 4.98 Å². The SMILES string of the molecule is CN(C)c1ccc(NC(=O)[C@H]2CC(=O)Nc3cc(F)ccc32)cn1. The van der Waals surface area contributed by atoms with E-state index in [9.17, 15) is 14.0 Å². The number of halogens is 1. The Morgan fingerprint density at radius 1 is 1.33 bits per heavy atom. The van der Waals surface area contributed by atoms with E-state index in [1.807, 2.05) is 19.0 Å². The van der Waals surface area contributed by atoms with E-state index in [0.717, 1.165) is 5.82 Å². The van der Waals surface area contributed by atoms with Gasteiger partial charge in [-0.1, -0.05) is 6.07 Å². The summed E-state index contributed by atoms with van der Waals surface area (Å²) in [5, 5.41) is 5.35. The molecule has 1 aromatic carbocycles. The molecular weight excluding hydrogens is 311 g/mol. The van der Waals surface area contributed by atoms with E-state index >= 15 is 0 Å². The van der Waals surface area contributed by atoms with Gasteiger partial charge in [-0.05, 0) is 29.8 Å². The van der Waals surface area contributed by atoms with Gasteiger partial charge in [-0.15, -0.1) is 0 Å². The molecular formula is C17H17FN4O2. The minimum atomic E-state index is -0.664. The van der Waals surface area contributed by atoms with Crippen molar-refractivity contribution in [3.05, 3.63) is 47.9 Å². The van der Waals surface area contributed by atoms with Crippen molar-refractivity contribution in [3.63, 3.8) is 0 Å². The van der Waals surface area contributed by atoms with Crippen LogP contribution in [0.1, 0.15) is 17.9 Å². The largest absolute Gasteiger partial charge is 0.363 e. The van der Waals surface area contributed by atoms with Crippen LogP contribution in [-0.4, -0.2) is 30.9 Å². The number of fused-ring (bicyclic) bond motifs is 1. The maximum absolute atomic E-state index is 13.3. The Labute approximate surface area is 138 Å². The predicted octanol–water partition coefficient (Wildman–Crippen LogP) is 2.35. The monoisotopic (exact) mass is 328 g/mol. The molecule has 0 aliphatic carbocycles. The van der Waals surface area contributed by atoms with Crippen LogP contribution in [0.5, 0.6) is 0 Å². The molecule has 124 valence electrons. The van der Waals surface area contributed by atoms with Crippen molar-refractivity contribution < 1.29 is 14.0 Å². The van der Waals surface area contributed by atoms with Gasteiger partial charge in [-0.3, -0.25) is 9.59 Å². The number of hydrogen-bond acceptors (Lipinski definition) is 4. The van der Waals surface area contributed by atoms with E-state index in [1.165, 1.54) is 18.2 Å². The molecule has 0 saturated heterocycles. The van der Waals surface area contributed by atoms with Gasteiger partial charge in [0.05, 0.1) is 17.8 Å². The number of pyridine rings is 1. The second-order valence-corrected chi connectivity index (χ2v) is 5.83. The zero-order valence-electron chi connectivity index (χ0n) is 13.3. The maximum Gasteiger partial charge on any atom is 0.232 e. The number of carbonyl (C=O) groups is 2. The minimum absolute atomic E-state index is 0.0215. The summed E-state index contributed by atoms with van der Waals surface area (Å²) in [6.07, 6.45) is 1.58. The van der Waals surface area contributed by atoms with E-state index in [-0.39, 0.29) is 18.2 Å². The van der Waals surface area contributed by atoms with Gasteiger partial charge in [0, 0.05) is 26.2 Å². The number of nitrogens with one attached hydrogen (secondary N) is 2. The van der Waals surface area contributed by atoms with Crippen LogP contribution in [0.4, 0.5) is 21.6 Å². The fourth-order valence-corrected chi connectivity index (χ4v) is 2.63.